The number of rotatable bonds is 5. The van der Waals surface area contributed by atoms with E-state index in [2.05, 4.69) is 10.6 Å². The Hall–Kier alpha value is -2.59. The zero-order valence-corrected chi connectivity index (χ0v) is 21.0. The number of anilines is 1. The number of carbonyl (C=O) groups is 2. The molecule has 35 heavy (non-hydrogen) atoms. The van der Waals surface area contributed by atoms with Crippen molar-refractivity contribution in [3.05, 3.63) is 58.4 Å². The van der Waals surface area contributed by atoms with Gasteiger partial charge in [-0.15, -0.1) is 0 Å². The molecule has 2 amide bonds. The molecule has 0 spiro atoms. The number of alkyl carbamates (subject to hydrolysis) is 1. The number of hydrogen-bond acceptors (Lipinski definition) is 4. The Morgan fingerprint density at radius 3 is 2.20 bits per heavy atom. The van der Waals surface area contributed by atoms with Gasteiger partial charge in [-0.1, -0.05) is 11.6 Å². The van der Waals surface area contributed by atoms with Crippen LogP contribution in [0.2, 0.25) is 5.02 Å². The van der Waals surface area contributed by atoms with Crippen molar-refractivity contribution in [2.45, 2.75) is 68.2 Å². The van der Waals surface area contributed by atoms with Crippen molar-refractivity contribution < 1.29 is 31.7 Å². The molecule has 0 aromatic heterocycles. The third-order valence-electron chi connectivity index (χ3n) is 5.35. The van der Waals surface area contributed by atoms with E-state index in [1.54, 1.807) is 20.8 Å². The first-order valence-corrected chi connectivity index (χ1v) is 12.6. The van der Waals surface area contributed by atoms with Crippen molar-refractivity contribution in [1.82, 2.24) is 5.32 Å². The molecule has 1 aliphatic carbocycles. The quantitative estimate of drug-likeness (QED) is 0.468. The Morgan fingerprint density at radius 2 is 1.63 bits per heavy atom. The van der Waals surface area contributed by atoms with Crippen LogP contribution in [0, 0.1) is 17.5 Å². The van der Waals surface area contributed by atoms with Crippen molar-refractivity contribution in [3.63, 3.8) is 0 Å². The van der Waals surface area contributed by atoms with Gasteiger partial charge in [0.2, 0.25) is 0 Å². The fraction of sp³-hybridized carbons (Fsp3) is 0.417. The summed E-state index contributed by atoms with van der Waals surface area (Å²) in [7, 11) is -1.53. The fourth-order valence-corrected chi connectivity index (χ4v) is 5.61. The molecule has 0 heterocycles. The second-order valence-corrected chi connectivity index (χ2v) is 11.4. The Kier molecular flexibility index (Phi) is 8.48. The molecule has 0 bridgehead atoms. The minimum atomic E-state index is -1.64. The van der Waals surface area contributed by atoms with E-state index in [0.717, 1.165) is 0 Å². The monoisotopic (exact) mass is 530 g/mol. The van der Waals surface area contributed by atoms with Crippen molar-refractivity contribution in [2.24, 2.45) is 0 Å². The van der Waals surface area contributed by atoms with Gasteiger partial charge in [0, 0.05) is 34.7 Å². The molecule has 2 aromatic carbocycles. The lowest BCUT2D eigenvalue weighted by molar-refractivity contribution is 0.0493. The molecule has 190 valence electrons. The van der Waals surface area contributed by atoms with Gasteiger partial charge in [0.05, 0.1) is 20.7 Å². The van der Waals surface area contributed by atoms with Gasteiger partial charge in [0.15, 0.2) is 17.5 Å². The highest BCUT2D eigenvalue weighted by molar-refractivity contribution is 7.85. The smallest absolute Gasteiger partial charge is 0.407 e. The molecule has 1 unspecified atom stereocenters. The third-order valence-corrected chi connectivity index (χ3v) is 7.64. The van der Waals surface area contributed by atoms with E-state index in [0.29, 0.717) is 37.8 Å². The van der Waals surface area contributed by atoms with Gasteiger partial charge in [-0.05, 0) is 64.7 Å². The minimum Gasteiger partial charge on any atom is -0.444 e. The van der Waals surface area contributed by atoms with Crippen LogP contribution in [0.25, 0.3) is 0 Å². The molecule has 1 fully saturated rings. The zero-order valence-electron chi connectivity index (χ0n) is 19.4. The summed E-state index contributed by atoms with van der Waals surface area (Å²) in [5.41, 5.74) is -0.793. The number of halogens is 4. The molecule has 0 aliphatic heterocycles. The van der Waals surface area contributed by atoms with Crippen LogP contribution in [0.4, 0.5) is 23.7 Å². The van der Waals surface area contributed by atoms with Crippen LogP contribution in [-0.4, -0.2) is 33.1 Å². The Bertz CT molecular complexity index is 1130. The number of nitrogens with one attached hydrogen (secondary N) is 2. The topological polar surface area (TPSA) is 84.5 Å². The van der Waals surface area contributed by atoms with E-state index < -0.39 is 45.9 Å². The van der Waals surface area contributed by atoms with Crippen LogP contribution in [0.3, 0.4) is 0 Å². The number of carbonyl (C=O) groups excluding carboxylic acids is 2. The number of ether oxygens (including phenoxy) is 1. The van der Waals surface area contributed by atoms with E-state index in [1.165, 1.54) is 18.2 Å². The van der Waals surface area contributed by atoms with Crippen molar-refractivity contribution in [1.29, 1.82) is 0 Å². The normalized spacial score (nSPS) is 19.1. The fourth-order valence-electron chi connectivity index (χ4n) is 3.70. The lowest BCUT2D eigenvalue weighted by Gasteiger charge is -2.29. The molecule has 0 radical (unpaired) electrons. The van der Waals surface area contributed by atoms with Crippen molar-refractivity contribution in [3.8, 4) is 0 Å². The maximum absolute atomic E-state index is 13.4. The molecule has 0 saturated heterocycles. The lowest BCUT2D eigenvalue weighted by Crippen LogP contribution is -2.42. The average molecular weight is 531 g/mol. The summed E-state index contributed by atoms with van der Waals surface area (Å²) in [6, 6.07) is 5.41. The summed E-state index contributed by atoms with van der Waals surface area (Å²) in [4.78, 5) is 24.8. The summed E-state index contributed by atoms with van der Waals surface area (Å²) < 4.78 is 58.5. The molecular weight excluding hydrogens is 505 g/mol. The maximum atomic E-state index is 13.4. The van der Waals surface area contributed by atoms with E-state index in [4.69, 9.17) is 16.3 Å². The van der Waals surface area contributed by atoms with Gasteiger partial charge in [-0.25, -0.2) is 18.0 Å². The summed E-state index contributed by atoms with van der Waals surface area (Å²) >= 11 is 6.25. The zero-order chi connectivity index (χ0) is 25.9. The van der Waals surface area contributed by atoms with E-state index in [-0.39, 0.29) is 32.5 Å². The van der Waals surface area contributed by atoms with Gasteiger partial charge >= 0.3 is 6.09 Å². The first-order chi connectivity index (χ1) is 16.3. The van der Waals surface area contributed by atoms with Crippen LogP contribution in [0.15, 0.2) is 35.2 Å². The lowest BCUT2D eigenvalue weighted by atomic mass is 9.95. The first-order valence-electron chi connectivity index (χ1n) is 11.0. The molecule has 3 rings (SSSR count). The second-order valence-electron chi connectivity index (χ2n) is 9.27. The van der Waals surface area contributed by atoms with E-state index in [1.807, 2.05) is 0 Å². The predicted molar refractivity (Wildman–Crippen MR) is 128 cm³/mol. The minimum absolute atomic E-state index is 0.0724. The van der Waals surface area contributed by atoms with Gasteiger partial charge in [-0.2, -0.15) is 0 Å². The summed E-state index contributed by atoms with van der Waals surface area (Å²) in [5, 5.41) is 5.10. The van der Waals surface area contributed by atoms with E-state index in [9.17, 15) is 27.0 Å². The Balaban J connectivity index is 1.65. The molecule has 2 aromatic rings. The first kappa shape index (κ1) is 27.0. The molecule has 2 N–H and O–H groups in total. The number of amides is 2. The summed E-state index contributed by atoms with van der Waals surface area (Å²) in [6.07, 6.45) is 1.84. The van der Waals surface area contributed by atoms with Crippen LogP contribution < -0.4 is 10.6 Å². The average Bonchev–Trinajstić information content (AvgIpc) is 2.76. The van der Waals surface area contributed by atoms with Gasteiger partial charge in [-0.3, -0.25) is 9.00 Å². The highest BCUT2D eigenvalue weighted by Gasteiger charge is 2.29. The second kappa shape index (κ2) is 11.0. The SMILES string of the molecule is CC(C)(C)OC(=O)NC1CCC(S(=O)c2cc(C(=O)Nc3cc(F)c(F)c(F)c3)ccc2Cl)CC1. The van der Waals surface area contributed by atoms with Gasteiger partial charge < -0.3 is 15.4 Å². The predicted octanol–water partition coefficient (Wildman–Crippen LogP) is 5.95. The van der Waals surface area contributed by atoms with Crippen LogP contribution >= 0.6 is 11.6 Å². The van der Waals surface area contributed by atoms with E-state index >= 15 is 0 Å². The van der Waals surface area contributed by atoms with Gasteiger partial charge in [0.25, 0.3) is 5.91 Å². The van der Waals surface area contributed by atoms with Crippen LogP contribution in [0.5, 0.6) is 0 Å². The molecule has 1 aliphatic rings. The molecular formula is C24H26ClF3N2O4S. The van der Waals surface area contributed by atoms with Crippen LogP contribution in [0.1, 0.15) is 56.8 Å². The van der Waals surface area contributed by atoms with Gasteiger partial charge in [0.1, 0.15) is 5.60 Å². The molecule has 11 heteroatoms. The third kappa shape index (κ3) is 7.20. The number of benzene rings is 2. The summed E-state index contributed by atoms with van der Waals surface area (Å²) in [6.45, 7) is 5.34. The molecule has 1 atom stereocenters. The Labute approximate surface area is 209 Å². The standard InChI is InChI=1S/C24H26ClF3N2O4S/c1-24(2,3)34-23(32)30-14-5-7-16(8-6-14)35(33)20-10-13(4-9-17(20)25)22(31)29-15-11-18(26)21(28)19(27)12-15/h4,9-12,14,16H,5-8H2,1-3H3,(H,29,31)(H,30,32). The van der Waals surface area contributed by atoms with Crippen molar-refractivity contribution >= 4 is 40.1 Å². The molecule has 6 nitrogen and oxygen atoms in total. The maximum Gasteiger partial charge on any atom is 0.407 e. The Morgan fingerprint density at radius 1 is 1.03 bits per heavy atom. The van der Waals surface area contributed by atoms with Crippen LogP contribution in [-0.2, 0) is 15.5 Å². The largest absolute Gasteiger partial charge is 0.444 e. The van der Waals surface area contributed by atoms with Crippen molar-refractivity contribution in [2.75, 3.05) is 5.32 Å². The number of hydrogen-bond donors (Lipinski definition) is 2. The highest BCUT2D eigenvalue weighted by atomic mass is 35.5. The molecule has 1 saturated carbocycles. The highest BCUT2D eigenvalue weighted by Crippen LogP contribution is 2.31. The summed E-state index contributed by atoms with van der Waals surface area (Å²) in [5.74, 6) is -5.23.